The minimum atomic E-state index is -0.483. The summed E-state index contributed by atoms with van der Waals surface area (Å²) < 4.78 is 20.1. The Morgan fingerprint density at radius 2 is 2.31 bits per heavy atom. The van der Waals surface area contributed by atoms with Crippen molar-refractivity contribution in [3.63, 3.8) is 0 Å². The number of nitrogens with two attached hydrogens (primary N) is 1. The number of nitrogens with zero attached hydrogens (tertiary/aromatic N) is 3. The molecule has 0 aliphatic rings. The quantitative estimate of drug-likeness (QED) is 0.790. The minimum Gasteiger partial charge on any atom is -0.482 e. The van der Waals surface area contributed by atoms with Crippen molar-refractivity contribution in [1.82, 2.24) is 15.0 Å². The summed E-state index contributed by atoms with van der Waals surface area (Å²) >= 11 is 0. The largest absolute Gasteiger partial charge is 0.482 e. The summed E-state index contributed by atoms with van der Waals surface area (Å²) in [7, 11) is 1.74. The predicted molar refractivity (Wildman–Crippen MR) is 56.1 cm³/mol. The fourth-order valence-electron chi connectivity index (χ4n) is 1.29. The third-order valence-corrected chi connectivity index (χ3v) is 2.01. The van der Waals surface area contributed by atoms with Crippen molar-refractivity contribution in [3.8, 4) is 5.75 Å². The Balaban J connectivity index is 2.10. The van der Waals surface area contributed by atoms with Crippen LogP contribution in [0.2, 0.25) is 0 Å². The number of aromatic nitrogens is 3. The van der Waals surface area contributed by atoms with E-state index in [1.807, 2.05) is 0 Å². The van der Waals surface area contributed by atoms with Crippen molar-refractivity contribution >= 4 is 5.69 Å². The summed E-state index contributed by atoms with van der Waals surface area (Å²) in [5.41, 5.74) is 6.47. The molecule has 5 nitrogen and oxygen atoms in total. The van der Waals surface area contributed by atoms with E-state index in [1.54, 1.807) is 24.0 Å². The molecule has 0 amide bonds. The molecule has 1 aromatic carbocycles. The lowest BCUT2D eigenvalue weighted by atomic mass is 10.3. The number of benzene rings is 1. The molecule has 0 aliphatic carbocycles. The van der Waals surface area contributed by atoms with E-state index in [2.05, 4.69) is 10.3 Å². The van der Waals surface area contributed by atoms with Crippen LogP contribution in [0, 0.1) is 5.82 Å². The summed E-state index contributed by atoms with van der Waals surface area (Å²) in [5, 5.41) is 7.55. The topological polar surface area (TPSA) is 66.0 Å². The van der Waals surface area contributed by atoms with Crippen molar-refractivity contribution < 1.29 is 9.13 Å². The van der Waals surface area contributed by atoms with Crippen LogP contribution < -0.4 is 10.5 Å². The van der Waals surface area contributed by atoms with Crippen molar-refractivity contribution in [1.29, 1.82) is 0 Å². The molecule has 0 saturated carbocycles. The molecule has 0 atom stereocenters. The molecular weight excluding hydrogens is 211 g/mol. The van der Waals surface area contributed by atoms with E-state index in [4.69, 9.17) is 10.5 Å². The van der Waals surface area contributed by atoms with Gasteiger partial charge in [0, 0.05) is 7.05 Å². The molecule has 0 unspecified atom stereocenters. The lowest BCUT2D eigenvalue weighted by molar-refractivity contribution is 0.287. The van der Waals surface area contributed by atoms with E-state index in [1.165, 1.54) is 12.1 Å². The van der Waals surface area contributed by atoms with E-state index in [-0.39, 0.29) is 18.0 Å². The van der Waals surface area contributed by atoms with E-state index in [0.717, 1.165) is 0 Å². The zero-order valence-corrected chi connectivity index (χ0v) is 8.72. The third kappa shape index (κ3) is 2.10. The zero-order chi connectivity index (χ0) is 11.5. The zero-order valence-electron chi connectivity index (χ0n) is 8.72. The van der Waals surface area contributed by atoms with Gasteiger partial charge in [-0.25, -0.2) is 4.39 Å². The van der Waals surface area contributed by atoms with E-state index in [9.17, 15) is 4.39 Å². The van der Waals surface area contributed by atoms with E-state index < -0.39 is 5.82 Å². The smallest absolute Gasteiger partial charge is 0.178 e. The summed E-state index contributed by atoms with van der Waals surface area (Å²) in [4.78, 5) is 0. The first-order valence-electron chi connectivity index (χ1n) is 4.69. The highest BCUT2D eigenvalue weighted by molar-refractivity contribution is 5.52. The second-order valence-electron chi connectivity index (χ2n) is 3.33. The number of aryl methyl sites for hydroxylation is 1. The summed E-state index contributed by atoms with van der Waals surface area (Å²) in [6.07, 6.45) is 1.69. The molecular formula is C10H11FN4O. The number of ether oxygens (including phenoxy) is 1. The first-order chi connectivity index (χ1) is 7.66. The molecule has 2 N–H and O–H groups in total. The molecule has 0 saturated heterocycles. The van der Waals surface area contributed by atoms with Crippen LogP contribution in [-0.2, 0) is 13.7 Å². The number of anilines is 1. The number of hydrogen-bond acceptors (Lipinski definition) is 4. The number of nitrogen functional groups attached to an aromatic ring is 1. The summed E-state index contributed by atoms with van der Waals surface area (Å²) in [6, 6.07) is 4.40. The molecule has 2 aromatic rings. The Morgan fingerprint density at radius 3 is 2.94 bits per heavy atom. The first-order valence-corrected chi connectivity index (χ1v) is 4.69. The Labute approximate surface area is 91.6 Å². The van der Waals surface area contributed by atoms with Gasteiger partial charge in [-0.1, -0.05) is 11.3 Å². The fourth-order valence-corrected chi connectivity index (χ4v) is 1.29. The second-order valence-corrected chi connectivity index (χ2v) is 3.33. The first kappa shape index (κ1) is 10.4. The fraction of sp³-hybridized carbons (Fsp3) is 0.200. The Hall–Kier alpha value is -2.11. The Bertz CT molecular complexity index is 477. The molecule has 6 heteroatoms. The van der Waals surface area contributed by atoms with Crippen molar-refractivity contribution in [2.24, 2.45) is 7.05 Å². The van der Waals surface area contributed by atoms with Gasteiger partial charge in [-0.2, -0.15) is 0 Å². The maximum atomic E-state index is 13.3. The van der Waals surface area contributed by atoms with Gasteiger partial charge < -0.3 is 10.5 Å². The second kappa shape index (κ2) is 4.18. The van der Waals surface area contributed by atoms with Gasteiger partial charge in [0.25, 0.3) is 0 Å². The van der Waals surface area contributed by atoms with Gasteiger partial charge in [-0.05, 0) is 12.1 Å². The van der Waals surface area contributed by atoms with Crippen LogP contribution in [-0.4, -0.2) is 15.0 Å². The summed E-state index contributed by atoms with van der Waals surface area (Å²) in [5.74, 6) is -0.433. The average molecular weight is 222 g/mol. The molecule has 0 radical (unpaired) electrons. The highest BCUT2D eigenvalue weighted by atomic mass is 19.1. The van der Waals surface area contributed by atoms with Crippen LogP contribution in [0.25, 0.3) is 0 Å². The standard InChI is InChI=1S/C10H11FN4O/c1-15-5-7(13-14-15)6-16-10-8(11)3-2-4-9(10)12/h2-5H,6,12H2,1H3. The lowest BCUT2D eigenvalue weighted by Gasteiger charge is -2.07. The van der Waals surface area contributed by atoms with E-state index >= 15 is 0 Å². The number of rotatable bonds is 3. The minimum absolute atomic E-state index is 0.0492. The highest BCUT2D eigenvalue weighted by Gasteiger charge is 2.08. The molecule has 0 fully saturated rings. The molecule has 84 valence electrons. The van der Waals surface area contributed by atoms with Crippen molar-refractivity contribution in [2.45, 2.75) is 6.61 Å². The summed E-state index contributed by atoms with van der Waals surface area (Å²) in [6.45, 7) is 0.138. The van der Waals surface area contributed by atoms with Crippen LogP contribution in [0.4, 0.5) is 10.1 Å². The van der Waals surface area contributed by atoms with Gasteiger partial charge in [-0.3, -0.25) is 4.68 Å². The van der Waals surface area contributed by atoms with Gasteiger partial charge in [0.1, 0.15) is 12.3 Å². The van der Waals surface area contributed by atoms with Crippen LogP contribution >= 0.6 is 0 Å². The normalized spacial score (nSPS) is 10.4. The Morgan fingerprint density at radius 1 is 1.50 bits per heavy atom. The van der Waals surface area contributed by atoms with E-state index in [0.29, 0.717) is 5.69 Å². The average Bonchev–Trinajstić information content (AvgIpc) is 2.63. The molecule has 16 heavy (non-hydrogen) atoms. The van der Waals surface area contributed by atoms with Crippen LogP contribution in [0.3, 0.4) is 0 Å². The number of halogens is 1. The third-order valence-electron chi connectivity index (χ3n) is 2.01. The number of hydrogen-bond donors (Lipinski definition) is 1. The molecule has 1 heterocycles. The van der Waals surface area contributed by atoms with Crippen LogP contribution in [0.15, 0.2) is 24.4 Å². The van der Waals surface area contributed by atoms with Crippen LogP contribution in [0.5, 0.6) is 5.75 Å². The monoisotopic (exact) mass is 222 g/mol. The molecule has 0 bridgehead atoms. The van der Waals surface area contributed by atoms with Crippen LogP contribution in [0.1, 0.15) is 5.69 Å². The SMILES string of the molecule is Cn1cc(COc2c(N)cccc2F)nn1. The van der Waals surface area contributed by atoms with Gasteiger partial charge in [0.2, 0.25) is 0 Å². The van der Waals surface area contributed by atoms with Crippen molar-refractivity contribution in [3.05, 3.63) is 35.9 Å². The number of para-hydroxylation sites is 1. The molecule has 0 aliphatic heterocycles. The molecule has 1 aromatic heterocycles. The Kier molecular flexibility index (Phi) is 2.72. The van der Waals surface area contributed by atoms with Gasteiger partial charge in [0.15, 0.2) is 11.6 Å². The van der Waals surface area contributed by atoms with Crippen molar-refractivity contribution in [2.75, 3.05) is 5.73 Å². The van der Waals surface area contributed by atoms with Gasteiger partial charge in [0.05, 0.1) is 11.9 Å². The highest BCUT2D eigenvalue weighted by Crippen LogP contribution is 2.25. The van der Waals surface area contributed by atoms with Gasteiger partial charge >= 0.3 is 0 Å². The maximum Gasteiger partial charge on any atom is 0.178 e. The van der Waals surface area contributed by atoms with Gasteiger partial charge in [-0.15, -0.1) is 5.10 Å². The molecule has 2 rings (SSSR count). The maximum absolute atomic E-state index is 13.3. The molecule has 0 spiro atoms. The lowest BCUT2D eigenvalue weighted by Crippen LogP contribution is -2.01. The predicted octanol–water partition coefficient (Wildman–Crippen LogP) is 1.12.